The second kappa shape index (κ2) is 6.52. The summed E-state index contributed by atoms with van der Waals surface area (Å²) < 4.78 is 0. The molecular weight excluding hydrogens is 286 g/mol. The second-order valence-corrected chi connectivity index (χ2v) is 6.75. The third-order valence-electron chi connectivity index (χ3n) is 3.79. The van der Waals surface area contributed by atoms with Crippen LogP contribution in [-0.2, 0) is 4.79 Å². The number of carboxylic acid groups (broad SMARTS) is 1. The van der Waals surface area contributed by atoms with Gasteiger partial charge in [-0.05, 0) is 30.0 Å². The lowest BCUT2D eigenvalue weighted by Gasteiger charge is -2.26. The van der Waals surface area contributed by atoms with Crippen molar-refractivity contribution in [2.75, 3.05) is 5.75 Å². The molecule has 1 aromatic carbocycles. The fourth-order valence-corrected chi connectivity index (χ4v) is 3.85. The molecule has 1 aliphatic rings. The van der Waals surface area contributed by atoms with Gasteiger partial charge in [0.2, 0.25) is 0 Å². The molecule has 1 fully saturated rings. The van der Waals surface area contributed by atoms with Gasteiger partial charge >= 0.3 is 5.97 Å². The molecule has 21 heavy (non-hydrogen) atoms. The van der Waals surface area contributed by atoms with Crippen molar-refractivity contribution in [1.29, 1.82) is 0 Å². The molecule has 1 saturated heterocycles. The summed E-state index contributed by atoms with van der Waals surface area (Å²) in [5.41, 5.74) is 1.73. The minimum absolute atomic E-state index is 0.0524. The van der Waals surface area contributed by atoms with Crippen molar-refractivity contribution in [2.24, 2.45) is 0 Å². The van der Waals surface area contributed by atoms with Crippen molar-refractivity contribution < 1.29 is 14.7 Å². The van der Waals surface area contributed by atoms with Crippen LogP contribution in [0.5, 0.6) is 0 Å². The van der Waals surface area contributed by atoms with Crippen LogP contribution in [0.1, 0.15) is 49.0 Å². The Morgan fingerprint density at radius 3 is 2.43 bits per heavy atom. The van der Waals surface area contributed by atoms with Gasteiger partial charge in [-0.25, -0.2) is 4.79 Å². The van der Waals surface area contributed by atoms with Crippen molar-refractivity contribution in [1.82, 2.24) is 4.90 Å². The van der Waals surface area contributed by atoms with E-state index in [1.165, 1.54) is 10.5 Å². The SMILES string of the molecule is CCC1SCC(C(=O)O)N1C(=O)c1ccc(C(C)C)cc1. The molecule has 1 amide bonds. The molecule has 1 aromatic rings. The summed E-state index contributed by atoms with van der Waals surface area (Å²) in [7, 11) is 0. The fraction of sp³-hybridized carbons (Fsp3) is 0.500. The van der Waals surface area contributed by atoms with Crippen LogP contribution in [0.15, 0.2) is 24.3 Å². The van der Waals surface area contributed by atoms with Gasteiger partial charge in [-0.2, -0.15) is 0 Å². The average molecular weight is 307 g/mol. The number of nitrogens with zero attached hydrogens (tertiary/aromatic N) is 1. The number of carboxylic acids is 1. The Bertz CT molecular complexity index is 527. The number of aliphatic carboxylic acids is 1. The lowest BCUT2D eigenvalue weighted by Crippen LogP contribution is -2.45. The summed E-state index contributed by atoms with van der Waals surface area (Å²) in [5, 5.41) is 9.25. The number of benzene rings is 1. The number of hydrogen-bond acceptors (Lipinski definition) is 3. The molecule has 114 valence electrons. The number of thioether (sulfide) groups is 1. The first-order valence-corrected chi connectivity index (χ1v) is 8.27. The van der Waals surface area contributed by atoms with Gasteiger partial charge in [0.05, 0.1) is 5.37 Å². The van der Waals surface area contributed by atoms with Crippen molar-refractivity contribution in [3.8, 4) is 0 Å². The highest BCUT2D eigenvalue weighted by Crippen LogP contribution is 2.32. The van der Waals surface area contributed by atoms with E-state index >= 15 is 0 Å². The van der Waals surface area contributed by atoms with E-state index < -0.39 is 12.0 Å². The third-order valence-corrected chi connectivity index (χ3v) is 5.24. The lowest BCUT2D eigenvalue weighted by atomic mass is 10.0. The molecule has 2 atom stereocenters. The van der Waals surface area contributed by atoms with Gasteiger partial charge in [-0.1, -0.05) is 32.9 Å². The van der Waals surface area contributed by atoms with Crippen LogP contribution in [0.25, 0.3) is 0 Å². The summed E-state index contributed by atoms with van der Waals surface area (Å²) in [6.45, 7) is 6.17. The second-order valence-electron chi connectivity index (χ2n) is 5.54. The van der Waals surface area contributed by atoms with Crippen molar-refractivity contribution in [3.63, 3.8) is 0 Å². The minimum atomic E-state index is -0.925. The largest absolute Gasteiger partial charge is 0.480 e. The topological polar surface area (TPSA) is 57.6 Å². The summed E-state index contributed by atoms with van der Waals surface area (Å²) >= 11 is 1.54. The molecule has 2 rings (SSSR count). The van der Waals surface area contributed by atoms with Crippen LogP contribution in [0.2, 0.25) is 0 Å². The molecule has 4 nitrogen and oxygen atoms in total. The Morgan fingerprint density at radius 1 is 1.33 bits per heavy atom. The van der Waals surface area contributed by atoms with Gasteiger partial charge in [0.25, 0.3) is 5.91 Å². The first kappa shape index (κ1) is 15.9. The third kappa shape index (κ3) is 3.23. The van der Waals surface area contributed by atoms with Crippen molar-refractivity contribution >= 4 is 23.6 Å². The maximum Gasteiger partial charge on any atom is 0.327 e. The number of carbonyl (C=O) groups excluding carboxylic acids is 1. The van der Waals surface area contributed by atoms with Crippen molar-refractivity contribution in [2.45, 2.75) is 44.5 Å². The Kier molecular flexibility index (Phi) is 4.93. The normalized spacial score (nSPS) is 21.8. The van der Waals surface area contributed by atoms with Gasteiger partial charge in [-0.15, -0.1) is 11.8 Å². The summed E-state index contributed by atoms with van der Waals surface area (Å²) in [6.07, 6.45) is 0.754. The minimum Gasteiger partial charge on any atom is -0.480 e. The molecule has 0 aromatic heterocycles. The van der Waals surface area contributed by atoms with E-state index in [9.17, 15) is 14.7 Å². The van der Waals surface area contributed by atoms with Crippen LogP contribution < -0.4 is 0 Å². The molecular formula is C16H21NO3S. The van der Waals surface area contributed by atoms with E-state index in [4.69, 9.17) is 0 Å². The quantitative estimate of drug-likeness (QED) is 0.928. The number of hydrogen-bond donors (Lipinski definition) is 1. The van der Waals surface area contributed by atoms with Gasteiger partial charge in [-0.3, -0.25) is 4.79 Å². The number of carbonyl (C=O) groups is 2. The predicted molar refractivity (Wildman–Crippen MR) is 84.7 cm³/mol. The zero-order valence-corrected chi connectivity index (χ0v) is 13.4. The van der Waals surface area contributed by atoms with Gasteiger partial charge in [0.1, 0.15) is 6.04 Å². The van der Waals surface area contributed by atoms with Crippen LogP contribution in [-0.4, -0.2) is 39.1 Å². The zero-order chi connectivity index (χ0) is 15.6. The molecule has 0 saturated carbocycles. The molecule has 1 aliphatic heterocycles. The predicted octanol–water partition coefficient (Wildman–Crippen LogP) is 3.19. The van der Waals surface area contributed by atoms with Crippen LogP contribution >= 0.6 is 11.8 Å². The van der Waals surface area contributed by atoms with Crippen LogP contribution in [0.4, 0.5) is 0 Å². The highest BCUT2D eigenvalue weighted by atomic mass is 32.2. The van der Waals surface area contributed by atoms with Gasteiger partial charge < -0.3 is 10.0 Å². The zero-order valence-electron chi connectivity index (χ0n) is 12.6. The fourth-order valence-electron chi connectivity index (χ4n) is 2.50. The van der Waals surface area contributed by atoms with E-state index in [1.54, 1.807) is 23.9 Å². The highest BCUT2D eigenvalue weighted by Gasteiger charge is 2.40. The first-order valence-electron chi connectivity index (χ1n) is 7.22. The Hall–Kier alpha value is -1.49. The molecule has 0 aliphatic carbocycles. The van der Waals surface area contributed by atoms with E-state index in [2.05, 4.69) is 13.8 Å². The number of rotatable bonds is 4. The number of amides is 1. The Balaban J connectivity index is 2.25. The molecule has 2 unspecified atom stereocenters. The van der Waals surface area contributed by atoms with E-state index in [0.29, 0.717) is 17.2 Å². The monoisotopic (exact) mass is 307 g/mol. The van der Waals surface area contributed by atoms with E-state index in [1.807, 2.05) is 19.1 Å². The van der Waals surface area contributed by atoms with E-state index in [0.717, 1.165) is 6.42 Å². The maximum absolute atomic E-state index is 12.7. The molecule has 5 heteroatoms. The molecule has 1 N–H and O–H groups in total. The van der Waals surface area contributed by atoms with Gasteiger partial charge in [0.15, 0.2) is 0 Å². The lowest BCUT2D eigenvalue weighted by molar-refractivity contribution is -0.141. The van der Waals surface area contributed by atoms with Crippen LogP contribution in [0, 0.1) is 0 Å². The smallest absolute Gasteiger partial charge is 0.327 e. The maximum atomic E-state index is 12.7. The molecule has 0 radical (unpaired) electrons. The Morgan fingerprint density at radius 2 is 1.95 bits per heavy atom. The Labute approximate surface area is 129 Å². The summed E-state index contributed by atoms with van der Waals surface area (Å²) in [5.74, 6) is -0.240. The van der Waals surface area contributed by atoms with Crippen molar-refractivity contribution in [3.05, 3.63) is 35.4 Å². The molecule has 0 bridgehead atoms. The summed E-state index contributed by atoms with van der Waals surface area (Å²) in [4.78, 5) is 25.5. The van der Waals surface area contributed by atoms with Gasteiger partial charge in [0, 0.05) is 11.3 Å². The standard InChI is InChI=1S/C16H21NO3S/c1-4-14-17(13(9-21-14)16(19)20)15(18)12-7-5-11(6-8-12)10(2)3/h5-8,10,13-14H,4,9H2,1-3H3,(H,19,20). The molecule has 0 spiro atoms. The van der Waals surface area contributed by atoms with E-state index in [-0.39, 0.29) is 11.3 Å². The van der Waals surface area contributed by atoms with Crippen LogP contribution in [0.3, 0.4) is 0 Å². The summed E-state index contributed by atoms with van der Waals surface area (Å²) in [6, 6.07) is 6.76. The molecule has 1 heterocycles. The average Bonchev–Trinajstić information content (AvgIpc) is 2.90. The highest BCUT2D eigenvalue weighted by molar-refractivity contribution is 8.00. The first-order chi connectivity index (χ1) is 9.95.